The van der Waals surface area contributed by atoms with Gasteiger partial charge in [-0.1, -0.05) is 0 Å². The molecule has 0 aliphatic carbocycles. The summed E-state index contributed by atoms with van der Waals surface area (Å²) in [6.45, 7) is 6.11. The molecule has 2 bridgehead atoms. The van der Waals surface area contributed by atoms with Gasteiger partial charge in [0.2, 0.25) is 0 Å². The fourth-order valence-corrected chi connectivity index (χ4v) is 4.56. The Hall–Kier alpha value is -2.45. The number of nitrogens with one attached hydrogen (secondary N) is 2. The number of piperidine rings is 3. The monoisotopic (exact) mass is 383 g/mol. The SMILES string of the molecule is O=C(N[C@H]1CN2CCC1CC2)c1cc2oc(C(=O)N3CCNCC3)cc2cn1. The van der Waals surface area contributed by atoms with Crippen LogP contribution in [0.1, 0.15) is 33.9 Å². The average Bonchev–Trinajstić information content (AvgIpc) is 3.18. The van der Waals surface area contributed by atoms with E-state index in [-0.39, 0.29) is 17.9 Å². The molecule has 28 heavy (non-hydrogen) atoms. The summed E-state index contributed by atoms with van der Waals surface area (Å²) in [6, 6.07) is 3.54. The zero-order chi connectivity index (χ0) is 19.1. The average molecular weight is 383 g/mol. The molecule has 4 aliphatic rings. The third kappa shape index (κ3) is 3.27. The molecule has 2 aromatic rings. The molecule has 6 heterocycles. The number of hydrogen-bond acceptors (Lipinski definition) is 6. The molecule has 0 saturated carbocycles. The van der Waals surface area contributed by atoms with Gasteiger partial charge in [-0.25, -0.2) is 0 Å². The van der Waals surface area contributed by atoms with Crippen LogP contribution in [0, 0.1) is 5.92 Å². The summed E-state index contributed by atoms with van der Waals surface area (Å²) in [7, 11) is 0. The predicted octanol–water partition coefficient (Wildman–Crippen LogP) is 0.697. The summed E-state index contributed by atoms with van der Waals surface area (Å²) < 4.78 is 5.77. The zero-order valence-corrected chi connectivity index (χ0v) is 15.8. The molecule has 2 amide bonds. The first-order valence-corrected chi connectivity index (χ1v) is 10.1. The number of carbonyl (C=O) groups is 2. The molecule has 148 valence electrons. The van der Waals surface area contributed by atoms with Crippen LogP contribution in [0.3, 0.4) is 0 Å². The number of piperazine rings is 1. The van der Waals surface area contributed by atoms with Gasteiger partial charge in [0.15, 0.2) is 5.76 Å². The molecule has 4 aliphatic heterocycles. The van der Waals surface area contributed by atoms with Gasteiger partial charge in [-0.3, -0.25) is 14.6 Å². The lowest BCUT2D eigenvalue weighted by molar-refractivity contribution is 0.0617. The van der Waals surface area contributed by atoms with E-state index < -0.39 is 0 Å². The van der Waals surface area contributed by atoms with Crippen molar-refractivity contribution in [3.05, 3.63) is 29.8 Å². The van der Waals surface area contributed by atoms with Gasteiger partial charge >= 0.3 is 0 Å². The van der Waals surface area contributed by atoms with Crippen LogP contribution in [0.25, 0.3) is 11.0 Å². The Morgan fingerprint density at radius 1 is 1.14 bits per heavy atom. The third-order valence-corrected chi connectivity index (χ3v) is 6.22. The van der Waals surface area contributed by atoms with Gasteiger partial charge < -0.3 is 24.9 Å². The second kappa shape index (κ2) is 7.18. The molecule has 4 saturated heterocycles. The Morgan fingerprint density at radius 2 is 1.93 bits per heavy atom. The fourth-order valence-electron chi connectivity index (χ4n) is 4.56. The molecule has 0 radical (unpaired) electrons. The molecule has 0 spiro atoms. The summed E-state index contributed by atoms with van der Waals surface area (Å²) in [4.78, 5) is 33.8. The van der Waals surface area contributed by atoms with Crippen LogP contribution in [0.5, 0.6) is 0 Å². The second-order valence-corrected chi connectivity index (χ2v) is 7.98. The van der Waals surface area contributed by atoms with Gasteiger partial charge in [0.25, 0.3) is 11.8 Å². The van der Waals surface area contributed by atoms with E-state index in [1.165, 1.54) is 0 Å². The van der Waals surface area contributed by atoms with Crippen molar-refractivity contribution in [3.63, 3.8) is 0 Å². The van der Waals surface area contributed by atoms with Crippen LogP contribution >= 0.6 is 0 Å². The molecule has 8 heteroatoms. The molecular formula is C20H25N5O3. The molecule has 0 aromatic carbocycles. The van der Waals surface area contributed by atoms with Gasteiger partial charge in [-0.05, 0) is 37.9 Å². The maximum atomic E-state index is 12.7. The van der Waals surface area contributed by atoms with Gasteiger partial charge in [0.1, 0.15) is 11.3 Å². The van der Waals surface area contributed by atoms with Crippen molar-refractivity contribution in [2.24, 2.45) is 5.92 Å². The molecule has 6 rings (SSSR count). The number of carbonyl (C=O) groups excluding carboxylic acids is 2. The van der Waals surface area contributed by atoms with Crippen LogP contribution in [-0.4, -0.2) is 78.5 Å². The minimum absolute atomic E-state index is 0.115. The summed E-state index contributed by atoms with van der Waals surface area (Å²) in [5.74, 6) is 0.571. The van der Waals surface area contributed by atoms with Crippen LogP contribution < -0.4 is 10.6 Å². The lowest BCUT2D eigenvalue weighted by Crippen LogP contribution is -2.57. The summed E-state index contributed by atoms with van der Waals surface area (Å²) >= 11 is 0. The van der Waals surface area contributed by atoms with Gasteiger partial charge in [0.05, 0.1) is 0 Å². The zero-order valence-electron chi connectivity index (χ0n) is 15.8. The molecule has 0 unspecified atom stereocenters. The minimum atomic E-state index is -0.174. The van der Waals surface area contributed by atoms with Crippen molar-refractivity contribution in [3.8, 4) is 0 Å². The number of amides is 2. The van der Waals surface area contributed by atoms with E-state index >= 15 is 0 Å². The molecule has 1 atom stereocenters. The number of pyridine rings is 1. The van der Waals surface area contributed by atoms with E-state index in [0.29, 0.717) is 36.0 Å². The topological polar surface area (TPSA) is 90.7 Å². The van der Waals surface area contributed by atoms with Gasteiger partial charge in [0, 0.05) is 56.4 Å². The van der Waals surface area contributed by atoms with Crippen molar-refractivity contribution in [2.45, 2.75) is 18.9 Å². The summed E-state index contributed by atoms with van der Waals surface area (Å²) in [6.07, 6.45) is 3.90. The number of aromatic nitrogens is 1. The fraction of sp³-hybridized carbons (Fsp3) is 0.550. The van der Waals surface area contributed by atoms with Crippen LogP contribution in [-0.2, 0) is 0 Å². The van der Waals surface area contributed by atoms with Crippen molar-refractivity contribution in [1.29, 1.82) is 0 Å². The molecule has 2 aromatic heterocycles. The highest BCUT2D eigenvalue weighted by Gasteiger charge is 2.35. The maximum Gasteiger partial charge on any atom is 0.289 e. The van der Waals surface area contributed by atoms with E-state index in [2.05, 4.69) is 20.5 Å². The molecule has 8 nitrogen and oxygen atoms in total. The van der Waals surface area contributed by atoms with Gasteiger partial charge in [-0.15, -0.1) is 0 Å². The Balaban J connectivity index is 1.32. The predicted molar refractivity (Wildman–Crippen MR) is 103 cm³/mol. The quantitative estimate of drug-likeness (QED) is 0.811. The number of rotatable bonds is 3. The van der Waals surface area contributed by atoms with E-state index in [1.54, 1.807) is 23.2 Å². The van der Waals surface area contributed by atoms with Crippen molar-refractivity contribution in [2.75, 3.05) is 45.8 Å². The Kier molecular flexibility index (Phi) is 4.52. The van der Waals surface area contributed by atoms with Crippen molar-refractivity contribution in [1.82, 2.24) is 25.4 Å². The Bertz CT molecular complexity index is 896. The number of fused-ring (bicyclic) bond motifs is 4. The maximum absolute atomic E-state index is 12.7. The highest BCUT2D eigenvalue weighted by molar-refractivity contribution is 5.98. The Labute approximate surface area is 163 Å². The highest BCUT2D eigenvalue weighted by atomic mass is 16.3. The van der Waals surface area contributed by atoms with E-state index in [1.807, 2.05) is 0 Å². The summed E-state index contributed by atoms with van der Waals surface area (Å²) in [5, 5.41) is 7.11. The van der Waals surface area contributed by atoms with Crippen molar-refractivity contribution < 1.29 is 14.0 Å². The molecular weight excluding hydrogens is 358 g/mol. The third-order valence-electron chi connectivity index (χ3n) is 6.22. The number of nitrogens with zero attached hydrogens (tertiary/aromatic N) is 3. The molecule has 2 N–H and O–H groups in total. The van der Waals surface area contributed by atoms with Gasteiger partial charge in [-0.2, -0.15) is 0 Å². The standard InChI is InChI=1S/C20H25N5O3/c26-19(23-16-12-24-5-1-13(16)2-6-24)15-10-17-14(11-22-15)9-18(28-17)20(27)25-7-3-21-4-8-25/h9-11,13,16,21H,1-8,12H2,(H,23,26)/t16-/m0/s1. The summed E-state index contributed by atoms with van der Waals surface area (Å²) in [5.41, 5.74) is 0.854. The second-order valence-electron chi connectivity index (χ2n) is 7.98. The first kappa shape index (κ1) is 17.6. The number of hydrogen-bond donors (Lipinski definition) is 2. The van der Waals surface area contributed by atoms with Crippen LogP contribution in [0.15, 0.2) is 22.7 Å². The van der Waals surface area contributed by atoms with Crippen LogP contribution in [0.2, 0.25) is 0 Å². The first-order valence-electron chi connectivity index (χ1n) is 10.1. The van der Waals surface area contributed by atoms with E-state index in [9.17, 15) is 9.59 Å². The first-order chi connectivity index (χ1) is 13.7. The smallest absolute Gasteiger partial charge is 0.289 e. The van der Waals surface area contributed by atoms with Crippen molar-refractivity contribution >= 4 is 22.8 Å². The normalized spacial score (nSPS) is 27.1. The highest BCUT2D eigenvalue weighted by Crippen LogP contribution is 2.28. The minimum Gasteiger partial charge on any atom is -0.451 e. The number of furan rings is 1. The largest absolute Gasteiger partial charge is 0.451 e. The molecule has 4 fully saturated rings. The van der Waals surface area contributed by atoms with E-state index in [4.69, 9.17) is 4.42 Å². The lowest BCUT2D eigenvalue weighted by atomic mass is 9.84. The lowest BCUT2D eigenvalue weighted by Gasteiger charge is -2.44. The van der Waals surface area contributed by atoms with E-state index in [0.717, 1.165) is 51.0 Å². The Morgan fingerprint density at radius 3 is 2.64 bits per heavy atom. The van der Waals surface area contributed by atoms with Crippen LogP contribution in [0.4, 0.5) is 0 Å².